The molecule has 1 N–H and O–H groups in total. The first-order chi connectivity index (χ1) is 5.75. The van der Waals surface area contributed by atoms with E-state index in [1.54, 1.807) is 12.1 Å². The van der Waals surface area contributed by atoms with Crippen LogP contribution in [0.15, 0.2) is 29.2 Å². The predicted molar refractivity (Wildman–Crippen MR) is 57.5 cm³/mol. The number of rotatable bonds is 3. The molecule has 0 aromatic heterocycles. The van der Waals surface area contributed by atoms with Crippen molar-refractivity contribution in [3.05, 3.63) is 29.8 Å². The zero-order valence-corrected chi connectivity index (χ0v) is 10.7. The molecule has 13 heavy (non-hydrogen) atoms. The quantitative estimate of drug-likeness (QED) is 0.633. The molecule has 0 aliphatic carbocycles. The first-order valence-corrected chi connectivity index (χ1v) is 5.05. The van der Waals surface area contributed by atoms with E-state index in [9.17, 15) is 4.21 Å². The van der Waals surface area contributed by atoms with E-state index in [1.165, 1.54) is 0 Å². The summed E-state index contributed by atoms with van der Waals surface area (Å²) in [6, 6.07) is 7.26. The summed E-state index contributed by atoms with van der Waals surface area (Å²) in [5, 5.41) is 0. The van der Waals surface area contributed by atoms with Gasteiger partial charge in [0.2, 0.25) is 0 Å². The van der Waals surface area contributed by atoms with Crippen LogP contribution >= 0.6 is 0 Å². The first-order valence-electron chi connectivity index (χ1n) is 3.94. The topological polar surface area (TPSA) is 37.3 Å². The average Bonchev–Trinajstić information content (AvgIpc) is 2.05. The summed E-state index contributed by atoms with van der Waals surface area (Å²) < 4.78 is 19.7. The molecule has 0 heterocycles. The minimum atomic E-state index is -1.84. The molecule has 0 amide bonds. The summed E-state index contributed by atoms with van der Waals surface area (Å²) in [6.07, 6.45) is 1.86. The molecule has 2 nitrogen and oxygen atoms in total. The molecule has 1 aromatic rings. The van der Waals surface area contributed by atoms with Gasteiger partial charge in [-0.2, -0.15) is 0 Å². The second-order valence-electron chi connectivity index (χ2n) is 2.61. The fraction of sp³-hybridized carbons (Fsp3) is 0.333. The molecule has 0 bridgehead atoms. The molecule has 1 rings (SSSR count). The Kier molecular flexibility index (Phi) is 7.27. The molecule has 0 aliphatic heterocycles. The molecule has 0 saturated carbocycles. The third-order valence-electron chi connectivity index (χ3n) is 1.68. The predicted octanol–water partition coefficient (Wildman–Crippen LogP) is 2.06. The van der Waals surface area contributed by atoms with Gasteiger partial charge in [-0.15, -0.1) is 0 Å². The summed E-state index contributed by atoms with van der Waals surface area (Å²) >= 11 is -1.84. The Labute approximate surface area is 114 Å². The zero-order valence-electron chi connectivity index (χ0n) is 9.69. The van der Waals surface area contributed by atoms with Gasteiger partial charge in [0.25, 0.3) is 0 Å². The maximum absolute atomic E-state index is 10.8. The Balaban J connectivity index is -0.000000480. The van der Waals surface area contributed by atoms with Crippen molar-refractivity contribution in [2.24, 2.45) is 0 Å². The van der Waals surface area contributed by atoms with Gasteiger partial charge in [0, 0.05) is 0 Å². The monoisotopic (exact) mass is 226 g/mol. The number of hydrogen-bond donors (Lipinski definition) is 1. The first kappa shape index (κ1) is 13.6. The van der Waals surface area contributed by atoms with Gasteiger partial charge in [-0.25, -0.2) is 4.21 Å². The van der Waals surface area contributed by atoms with Crippen molar-refractivity contribution < 1.29 is 11.6 Å². The van der Waals surface area contributed by atoms with Crippen LogP contribution in [-0.2, 0) is 17.5 Å². The number of benzene rings is 1. The third kappa shape index (κ3) is 4.09. The van der Waals surface area contributed by atoms with E-state index in [0.29, 0.717) is 4.90 Å². The van der Waals surface area contributed by atoms with Crippen LogP contribution in [0.5, 0.6) is 0 Å². The molecule has 0 aliphatic rings. The molecule has 4 heteroatoms. The molecule has 1 unspecified atom stereocenters. The molecule has 0 spiro atoms. The Morgan fingerprint density at radius 2 is 2.08 bits per heavy atom. The Morgan fingerprint density at radius 1 is 1.46 bits per heavy atom. The number of hydrogen-bond acceptors (Lipinski definition) is 1. The molecule has 70 valence electrons. The van der Waals surface area contributed by atoms with Crippen LogP contribution in [0.1, 0.15) is 21.8 Å². The van der Waals surface area contributed by atoms with Crippen LogP contribution in [0.2, 0.25) is 0 Å². The van der Waals surface area contributed by atoms with Crippen molar-refractivity contribution >= 4 is 48.8 Å². The standard InChI is InChI=1S/C9H12O2S.Ca.2H/c1-2-5-8-6-3-4-7-9(8)12(10)11;;;/h3-4,6-7H,2,5H2,1H3,(H,10,11);;;/q;+2;2*-1. The maximum atomic E-state index is 10.8. The summed E-state index contributed by atoms with van der Waals surface area (Å²) in [7, 11) is 0. The van der Waals surface area contributed by atoms with Crippen LogP contribution in [0.3, 0.4) is 0 Å². The maximum Gasteiger partial charge on any atom is 2.00 e. The number of aryl methyl sites for hydroxylation is 1. The molecule has 0 fully saturated rings. The summed E-state index contributed by atoms with van der Waals surface area (Å²) in [4.78, 5) is 0.541. The molecule has 0 radical (unpaired) electrons. The van der Waals surface area contributed by atoms with E-state index >= 15 is 0 Å². The van der Waals surface area contributed by atoms with E-state index in [4.69, 9.17) is 4.55 Å². The molecular weight excluding hydrogens is 212 g/mol. The Hall–Kier alpha value is 0.590. The van der Waals surface area contributed by atoms with Crippen LogP contribution < -0.4 is 0 Å². The van der Waals surface area contributed by atoms with Gasteiger partial charge in [-0.05, 0) is 18.1 Å². The van der Waals surface area contributed by atoms with Crippen molar-refractivity contribution in [2.75, 3.05) is 0 Å². The van der Waals surface area contributed by atoms with Gasteiger partial charge in [-0.3, -0.25) is 0 Å². The SMILES string of the molecule is CCCc1ccccc1S(=O)O.[Ca+2].[H-].[H-]. The Morgan fingerprint density at radius 3 is 2.62 bits per heavy atom. The third-order valence-corrected chi connectivity index (χ3v) is 2.45. The van der Waals surface area contributed by atoms with Gasteiger partial charge in [0.05, 0.1) is 4.90 Å². The fourth-order valence-corrected chi connectivity index (χ4v) is 1.74. The van der Waals surface area contributed by atoms with Gasteiger partial charge >= 0.3 is 37.7 Å². The average molecular weight is 226 g/mol. The van der Waals surface area contributed by atoms with E-state index in [-0.39, 0.29) is 40.6 Å². The normalized spacial score (nSPS) is 11.8. The molecular formula is C9H14CaO2S. The van der Waals surface area contributed by atoms with E-state index in [2.05, 4.69) is 6.92 Å². The van der Waals surface area contributed by atoms with Crippen LogP contribution in [0, 0.1) is 0 Å². The van der Waals surface area contributed by atoms with Crippen molar-refractivity contribution in [3.8, 4) is 0 Å². The second kappa shape index (κ2) is 6.96. The van der Waals surface area contributed by atoms with Crippen molar-refractivity contribution in [1.29, 1.82) is 0 Å². The fourth-order valence-electron chi connectivity index (χ4n) is 1.15. The second-order valence-corrected chi connectivity index (χ2v) is 3.55. The summed E-state index contributed by atoms with van der Waals surface area (Å²) in [6.45, 7) is 2.05. The van der Waals surface area contributed by atoms with Crippen molar-refractivity contribution in [1.82, 2.24) is 0 Å². The van der Waals surface area contributed by atoms with E-state index in [1.807, 2.05) is 12.1 Å². The molecule has 1 aromatic carbocycles. The smallest absolute Gasteiger partial charge is 1.00 e. The van der Waals surface area contributed by atoms with Gasteiger partial charge < -0.3 is 7.41 Å². The van der Waals surface area contributed by atoms with E-state index in [0.717, 1.165) is 18.4 Å². The van der Waals surface area contributed by atoms with Crippen LogP contribution in [0.4, 0.5) is 0 Å². The molecule has 0 saturated heterocycles. The van der Waals surface area contributed by atoms with Gasteiger partial charge in [-0.1, -0.05) is 31.5 Å². The van der Waals surface area contributed by atoms with Crippen LogP contribution in [-0.4, -0.2) is 46.5 Å². The summed E-state index contributed by atoms with van der Waals surface area (Å²) in [5.41, 5.74) is 0.973. The van der Waals surface area contributed by atoms with Crippen molar-refractivity contribution in [2.45, 2.75) is 24.7 Å². The van der Waals surface area contributed by atoms with E-state index < -0.39 is 11.1 Å². The molecule has 1 atom stereocenters. The van der Waals surface area contributed by atoms with Gasteiger partial charge in [0.1, 0.15) is 0 Å². The largest absolute Gasteiger partial charge is 2.00 e. The zero-order chi connectivity index (χ0) is 8.97. The van der Waals surface area contributed by atoms with Crippen molar-refractivity contribution in [3.63, 3.8) is 0 Å². The van der Waals surface area contributed by atoms with Gasteiger partial charge in [0.15, 0.2) is 11.1 Å². The minimum Gasteiger partial charge on any atom is -1.00 e. The Bertz CT molecular complexity index is 297. The minimum absolute atomic E-state index is 0. The van der Waals surface area contributed by atoms with Crippen LogP contribution in [0.25, 0.3) is 0 Å². The summed E-state index contributed by atoms with van der Waals surface area (Å²) in [5.74, 6) is 0.